The fraction of sp³-hybridized carbons (Fsp3) is 0.500. The molecule has 1 amide bonds. The van der Waals surface area contributed by atoms with Crippen LogP contribution < -0.4 is 5.32 Å². The maximum Gasteiger partial charge on any atom is 0.389 e. The number of carbonyl (C=O) groups excluding carboxylic acids is 1. The summed E-state index contributed by atoms with van der Waals surface area (Å²) in [7, 11) is 0. The summed E-state index contributed by atoms with van der Waals surface area (Å²) in [5, 5.41) is 11.3. The third-order valence-corrected chi connectivity index (χ3v) is 2.38. The normalized spacial score (nSPS) is 13.1. The van der Waals surface area contributed by atoms with E-state index in [1.807, 2.05) is 0 Å². The van der Waals surface area contributed by atoms with Gasteiger partial charge in [0.2, 0.25) is 0 Å². The van der Waals surface area contributed by atoms with Crippen LogP contribution in [0.2, 0.25) is 5.15 Å². The van der Waals surface area contributed by atoms with E-state index in [1.54, 1.807) is 0 Å². The van der Waals surface area contributed by atoms with E-state index in [2.05, 4.69) is 15.3 Å². The highest BCUT2D eigenvalue weighted by molar-refractivity contribution is 6.29. The van der Waals surface area contributed by atoms with Gasteiger partial charge in [0.1, 0.15) is 10.8 Å². The number of nitrogens with one attached hydrogen (secondary N) is 1. The third-order valence-electron chi connectivity index (χ3n) is 2.18. The largest absolute Gasteiger partial charge is 0.394 e. The number of carbonyl (C=O) groups is 1. The van der Waals surface area contributed by atoms with E-state index in [4.69, 9.17) is 16.7 Å². The smallest absolute Gasteiger partial charge is 0.389 e. The van der Waals surface area contributed by atoms with Gasteiger partial charge in [0, 0.05) is 6.42 Å². The molecule has 0 aliphatic rings. The van der Waals surface area contributed by atoms with E-state index >= 15 is 0 Å². The molecule has 0 aliphatic heterocycles. The molecule has 1 atom stereocenters. The number of aromatic nitrogens is 2. The average molecular weight is 298 g/mol. The highest BCUT2D eigenvalue weighted by Gasteiger charge is 2.28. The predicted octanol–water partition coefficient (Wildman–Crippen LogP) is 1.56. The molecular weight excluding hydrogens is 287 g/mol. The number of aliphatic hydroxyl groups excluding tert-OH is 1. The molecule has 1 rings (SSSR count). The molecule has 1 unspecified atom stereocenters. The number of hydrogen-bond acceptors (Lipinski definition) is 4. The minimum Gasteiger partial charge on any atom is -0.394 e. The van der Waals surface area contributed by atoms with Crippen molar-refractivity contribution in [2.45, 2.75) is 25.1 Å². The summed E-state index contributed by atoms with van der Waals surface area (Å²) in [6.07, 6.45) is -3.61. The molecule has 1 aromatic rings. The van der Waals surface area contributed by atoms with Crippen molar-refractivity contribution in [2.75, 3.05) is 6.61 Å². The molecule has 0 saturated heterocycles. The van der Waals surface area contributed by atoms with Crippen LogP contribution in [0.25, 0.3) is 0 Å². The average Bonchev–Trinajstić information content (AvgIpc) is 2.34. The van der Waals surface area contributed by atoms with Gasteiger partial charge in [0.15, 0.2) is 0 Å². The van der Waals surface area contributed by atoms with Gasteiger partial charge in [-0.15, -0.1) is 0 Å². The minimum atomic E-state index is -4.34. The molecular formula is C10H11ClF3N3O2. The standard InChI is InChI=1S/C10H11ClF3N3O2/c11-8-4-15-7(3-16-8)9(19)17-6(5-18)1-2-10(12,13)14/h3-4,6,18H,1-2,5H2,(H,17,19). The van der Waals surface area contributed by atoms with Crippen molar-refractivity contribution in [1.82, 2.24) is 15.3 Å². The second-order valence-corrected chi connectivity index (χ2v) is 4.12. The minimum absolute atomic E-state index is 0.0881. The van der Waals surface area contributed by atoms with Crippen molar-refractivity contribution in [1.29, 1.82) is 0 Å². The van der Waals surface area contributed by atoms with Crippen molar-refractivity contribution in [3.05, 3.63) is 23.2 Å². The van der Waals surface area contributed by atoms with Crippen molar-refractivity contribution in [3.63, 3.8) is 0 Å². The van der Waals surface area contributed by atoms with Crippen LogP contribution in [0.4, 0.5) is 13.2 Å². The fourth-order valence-corrected chi connectivity index (χ4v) is 1.33. The van der Waals surface area contributed by atoms with Crippen LogP contribution in [0.5, 0.6) is 0 Å². The number of nitrogens with zero attached hydrogens (tertiary/aromatic N) is 2. The van der Waals surface area contributed by atoms with E-state index in [0.717, 1.165) is 12.4 Å². The number of alkyl halides is 3. The van der Waals surface area contributed by atoms with Crippen molar-refractivity contribution in [2.24, 2.45) is 0 Å². The van der Waals surface area contributed by atoms with Crippen LogP contribution in [0.15, 0.2) is 12.4 Å². The lowest BCUT2D eigenvalue weighted by atomic mass is 10.1. The zero-order chi connectivity index (χ0) is 14.5. The molecule has 19 heavy (non-hydrogen) atoms. The van der Waals surface area contributed by atoms with Crippen LogP contribution in [0, 0.1) is 0 Å². The summed E-state index contributed by atoms with van der Waals surface area (Å²) in [4.78, 5) is 18.9. The highest BCUT2D eigenvalue weighted by Crippen LogP contribution is 2.22. The number of amides is 1. The summed E-state index contributed by atoms with van der Waals surface area (Å²) < 4.78 is 36.1. The van der Waals surface area contributed by atoms with Crippen molar-refractivity contribution in [3.8, 4) is 0 Å². The Bertz CT molecular complexity index is 425. The van der Waals surface area contributed by atoms with Gasteiger partial charge in [0.05, 0.1) is 25.0 Å². The van der Waals surface area contributed by atoms with E-state index in [9.17, 15) is 18.0 Å². The van der Waals surface area contributed by atoms with Gasteiger partial charge >= 0.3 is 6.18 Å². The first-order valence-corrected chi connectivity index (χ1v) is 5.65. The van der Waals surface area contributed by atoms with Gasteiger partial charge in [-0.3, -0.25) is 4.79 Å². The highest BCUT2D eigenvalue weighted by atomic mass is 35.5. The molecule has 0 aliphatic carbocycles. The predicted molar refractivity (Wildman–Crippen MR) is 60.7 cm³/mol. The Kier molecular flexibility index (Phi) is 5.49. The van der Waals surface area contributed by atoms with E-state index < -0.39 is 37.6 Å². The van der Waals surface area contributed by atoms with Crippen molar-refractivity contribution >= 4 is 17.5 Å². The Morgan fingerprint density at radius 1 is 1.42 bits per heavy atom. The fourth-order valence-electron chi connectivity index (χ4n) is 1.24. The SMILES string of the molecule is O=C(NC(CO)CCC(F)(F)F)c1cnc(Cl)cn1. The maximum atomic E-state index is 12.0. The molecule has 9 heteroatoms. The van der Waals surface area contributed by atoms with Crippen LogP contribution in [-0.4, -0.2) is 39.8 Å². The molecule has 0 aromatic carbocycles. The maximum absolute atomic E-state index is 12.0. The number of aliphatic hydroxyl groups is 1. The molecule has 0 saturated carbocycles. The third kappa shape index (κ3) is 5.84. The summed E-state index contributed by atoms with van der Waals surface area (Å²) in [5.74, 6) is -0.717. The molecule has 0 radical (unpaired) electrons. The molecule has 5 nitrogen and oxygen atoms in total. The summed E-state index contributed by atoms with van der Waals surface area (Å²) >= 11 is 5.48. The van der Waals surface area contributed by atoms with Gasteiger partial charge in [-0.25, -0.2) is 9.97 Å². The van der Waals surface area contributed by atoms with Gasteiger partial charge in [0.25, 0.3) is 5.91 Å². The molecule has 0 fully saturated rings. The summed E-state index contributed by atoms with van der Waals surface area (Å²) in [5.41, 5.74) is -0.0881. The van der Waals surface area contributed by atoms with E-state index in [-0.39, 0.29) is 10.8 Å². The van der Waals surface area contributed by atoms with Gasteiger partial charge in [-0.1, -0.05) is 11.6 Å². The zero-order valence-electron chi connectivity index (χ0n) is 9.62. The lowest BCUT2D eigenvalue weighted by Gasteiger charge is -2.16. The Labute approximate surface area is 111 Å². The quantitative estimate of drug-likeness (QED) is 0.865. The Morgan fingerprint density at radius 3 is 2.58 bits per heavy atom. The summed E-state index contributed by atoms with van der Waals surface area (Å²) in [6.45, 7) is -0.594. The Morgan fingerprint density at radius 2 is 2.11 bits per heavy atom. The van der Waals surface area contributed by atoms with Gasteiger partial charge < -0.3 is 10.4 Å². The number of hydrogen-bond donors (Lipinski definition) is 2. The molecule has 2 N–H and O–H groups in total. The van der Waals surface area contributed by atoms with E-state index in [1.165, 1.54) is 0 Å². The first kappa shape index (κ1) is 15.6. The topological polar surface area (TPSA) is 75.1 Å². The monoisotopic (exact) mass is 297 g/mol. The second kappa shape index (κ2) is 6.67. The Balaban J connectivity index is 2.55. The molecule has 106 valence electrons. The molecule has 0 spiro atoms. The lowest BCUT2D eigenvalue weighted by Crippen LogP contribution is -2.38. The zero-order valence-corrected chi connectivity index (χ0v) is 10.4. The molecule has 1 heterocycles. The van der Waals surface area contributed by atoms with Gasteiger partial charge in [-0.2, -0.15) is 13.2 Å². The van der Waals surface area contributed by atoms with Crippen LogP contribution >= 0.6 is 11.6 Å². The van der Waals surface area contributed by atoms with E-state index in [0.29, 0.717) is 0 Å². The second-order valence-electron chi connectivity index (χ2n) is 3.73. The lowest BCUT2D eigenvalue weighted by molar-refractivity contribution is -0.137. The number of rotatable bonds is 5. The van der Waals surface area contributed by atoms with Crippen LogP contribution in [0.3, 0.4) is 0 Å². The van der Waals surface area contributed by atoms with Gasteiger partial charge in [-0.05, 0) is 6.42 Å². The molecule has 0 bridgehead atoms. The number of halogens is 4. The Hall–Kier alpha value is -1.41. The molecule has 1 aromatic heterocycles. The van der Waals surface area contributed by atoms with Crippen LogP contribution in [0.1, 0.15) is 23.3 Å². The van der Waals surface area contributed by atoms with Crippen molar-refractivity contribution < 1.29 is 23.1 Å². The summed E-state index contributed by atoms with van der Waals surface area (Å²) in [6, 6.07) is -0.994. The first-order valence-electron chi connectivity index (χ1n) is 5.28. The van der Waals surface area contributed by atoms with Crippen LogP contribution in [-0.2, 0) is 0 Å². The first-order chi connectivity index (χ1) is 8.81.